The zero-order valence-corrected chi connectivity index (χ0v) is 16.5. The average Bonchev–Trinajstić information content (AvgIpc) is 3.16. The third-order valence-corrected chi connectivity index (χ3v) is 5.59. The number of ketones is 1. The summed E-state index contributed by atoms with van der Waals surface area (Å²) >= 11 is 0. The smallest absolute Gasteiger partial charge is 0.181 e. The standard InChI is InChI=1S/C21H19N3O4S/c1-29(27,28)17-10-8-16(9-11-17)20-19(15-6-4-14(13-22)5-7-15)21(24-23-20)18(26)3-2-12-25/h4-11,25H,2-3,12H2,1H3,(H,23,24). The minimum Gasteiger partial charge on any atom is -0.396 e. The lowest BCUT2D eigenvalue weighted by Crippen LogP contribution is -2.03. The van der Waals surface area contributed by atoms with Gasteiger partial charge in [0.2, 0.25) is 0 Å². The molecule has 29 heavy (non-hydrogen) atoms. The van der Waals surface area contributed by atoms with E-state index in [1.165, 1.54) is 12.1 Å². The van der Waals surface area contributed by atoms with Gasteiger partial charge in [-0.15, -0.1) is 0 Å². The molecule has 0 amide bonds. The first kappa shape index (κ1) is 20.5. The Kier molecular flexibility index (Phi) is 5.92. The van der Waals surface area contributed by atoms with Crippen LogP contribution in [0.25, 0.3) is 22.4 Å². The second kappa shape index (κ2) is 8.39. The maximum absolute atomic E-state index is 12.6. The molecule has 0 aliphatic rings. The van der Waals surface area contributed by atoms with Crippen molar-refractivity contribution in [3.05, 3.63) is 59.8 Å². The maximum atomic E-state index is 12.6. The average molecular weight is 409 g/mol. The number of aliphatic hydroxyl groups excluding tert-OH is 1. The van der Waals surface area contributed by atoms with E-state index < -0.39 is 9.84 Å². The first-order valence-electron chi connectivity index (χ1n) is 8.88. The Hall–Kier alpha value is -3.28. The number of sulfone groups is 1. The maximum Gasteiger partial charge on any atom is 0.181 e. The SMILES string of the molecule is CS(=O)(=O)c1ccc(-c2n[nH]c(C(=O)CCCO)c2-c2ccc(C#N)cc2)cc1. The van der Waals surface area contributed by atoms with Crippen LogP contribution in [0.4, 0.5) is 0 Å². The highest BCUT2D eigenvalue weighted by atomic mass is 32.2. The molecule has 0 bridgehead atoms. The number of aromatic amines is 1. The minimum atomic E-state index is -3.33. The summed E-state index contributed by atoms with van der Waals surface area (Å²) < 4.78 is 23.4. The Morgan fingerprint density at radius 2 is 1.72 bits per heavy atom. The fraction of sp³-hybridized carbons (Fsp3) is 0.190. The monoisotopic (exact) mass is 409 g/mol. The predicted molar refractivity (Wildman–Crippen MR) is 108 cm³/mol. The van der Waals surface area contributed by atoms with Crippen LogP contribution in [-0.2, 0) is 9.84 Å². The van der Waals surface area contributed by atoms with E-state index in [1.54, 1.807) is 36.4 Å². The number of nitriles is 1. The van der Waals surface area contributed by atoms with Gasteiger partial charge in [0.25, 0.3) is 0 Å². The quantitative estimate of drug-likeness (QED) is 0.578. The summed E-state index contributed by atoms with van der Waals surface area (Å²) in [5.74, 6) is -0.190. The molecule has 8 heteroatoms. The number of carbonyl (C=O) groups is 1. The number of rotatable bonds is 7. The molecule has 0 spiro atoms. The number of benzene rings is 2. The number of nitrogens with one attached hydrogen (secondary N) is 1. The second-order valence-electron chi connectivity index (χ2n) is 6.56. The van der Waals surface area contributed by atoms with Gasteiger partial charge < -0.3 is 5.11 Å². The van der Waals surface area contributed by atoms with E-state index in [9.17, 15) is 13.2 Å². The first-order chi connectivity index (χ1) is 13.8. The van der Waals surface area contributed by atoms with E-state index in [1.807, 2.05) is 0 Å². The molecular formula is C21H19N3O4S. The lowest BCUT2D eigenvalue weighted by molar-refractivity contribution is 0.0967. The second-order valence-corrected chi connectivity index (χ2v) is 8.57. The number of H-pyrrole nitrogens is 1. The summed E-state index contributed by atoms with van der Waals surface area (Å²) in [5, 5.41) is 25.1. The fourth-order valence-electron chi connectivity index (χ4n) is 2.97. The normalized spacial score (nSPS) is 11.2. The molecule has 3 rings (SSSR count). The molecule has 7 nitrogen and oxygen atoms in total. The number of nitrogens with zero attached hydrogens (tertiary/aromatic N) is 2. The van der Waals surface area contributed by atoms with Crippen LogP contribution in [0.2, 0.25) is 0 Å². The van der Waals surface area contributed by atoms with Crippen LogP contribution in [0.1, 0.15) is 28.9 Å². The Bertz CT molecular complexity index is 1170. The minimum absolute atomic E-state index is 0.0914. The van der Waals surface area contributed by atoms with Crippen molar-refractivity contribution in [1.82, 2.24) is 10.2 Å². The van der Waals surface area contributed by atoms with E-state index in [4.69, 9.17) is 10.4 Å². The van der Waals surface area contributed by atoms with E-state index in [0.29, 0.717) is 40.1 Å². The van der Waals surface area contributed by atoms with Gasteiger partial charge in [0.1, 0.15) is 11.4 Å². The van der Waals surface area contributed by atoms with Crippen molar-refractivity contribution < 1.29 is 18.3 Å². The molecule has 0 saturated carbocycles. The summed E-state index contributed by atoms with van der Waals surface area (Å²) in [6, 6.07) is 15.1. The van der Waals surface area contributed by atoms with Crippen molar-refractivity contribution >= 4 is 15.6 Å². The molecule has 1 aromatic heterocycles. The van der Waals surface area contributed by atoms with E-state index in [0.717, 1.165) is 6.26 Å². The molecule has 1 heterocycles. The van der Waals surface area contributed by atoms with Crippen molar-refractivity contribution in [1.29, 1.82) is 5.26 Å². The topological polar surface area (TPSA) is 124 Å². The summed E-state index contributed by atoms with van der Waals surface area (Å²) in [6.45, 7) is -0.0914. The van der Waals surface area contributed by atoms with Crippen molar-refractivity contribution in [2.45, 2.75) is 17.7 Å². The summed E-state index contributed by atoms with van der Waals surface area (Å²) in [4.78, 5) is 12.8. The predicted octanol–water partition coefficient (Wildman–Crippen LogP) is 2.97. The van der Waals surface area contributed by atoms with Gasteiger partial charge in [-0.25, -0.2) is 8.42 Å². The highest BCUT2D eigenvalue weighted by Crippen LogP contribution is 2.34. The van der Waals surface area contributed by atoms with Gasteiger partial charge >= 0.3 is 0 Å². The first-order valence-corrected chi connectivity index (χ1v) is 10.8. The van der Waals surface area contributed by atoms with Gasteiger partial charge in [-0.2, -0.15) is 10.4 Å². The zero-order chi connectivity index (χ0) is 21.0. The van der Waals surface area contributed by atoms with Crippen molar-refractivity contribution in [3.8, 4) is 28.5 Å². The van der Waals surface area contributed by atoms with E-state index in [-0.39, 0.29) is 23.7 Å². The van der Waals surface area contributed by atoms with Crippen molar-refractivity contribution in [3.63, 3.8) is 0 Å². The Labute approximate surface area is 168 Å². The van der Waals surface area contributed by atoms with Gasteiger partial charge in [-0.05, 0) is 36.2 Å². The molecule has 0 radical (unpaired) electrons. The lowest BCUT2D eigenvalue weighted by atomic mass is 9.96. The highest BCUT2D eigenvalue weighted by Gasteiger charge is 2.22. The number of hydrogen-bond donors (Lipinski definition) is 2. The van der Waals surface area contributed by atoms with Gasteiger partial charge in [0, 0.05) is 30.4 Å². The fourth-order valence-corrected chi connectivity index (χ4v) is 3.60. The van der Waals surface area contributed by atoms with Crippen LogP contribution >= 0.6 is 0 Å². The third-order valence-electron chi connectivity index (χ3n) is 4.47. The molecule has 148 valence electrons. The summed E-state index contributed by atoms with van der Waals surface area (Å²) in [6.07, 6.45) is 1.63. The summed E-state index contributed by atoms with van der Waals surface area (Å²) in [5.41, 5.74) is 3.22. The third kappa shape index (κ3) is 4.42. The van der Waals surface area contributed by atoms with Crippen LogP contribution < -0.4 is 0 Å². The van der Waals surface area contributed by atoms with Gasteiger partial charge in [-0.1, -0.05) is 24.3 Å². The molecule has 3 aromatic rings. The Morgan fingerprint density at radius 3 is 2.28 bits per heavy atom. The number of carbonyl (C=O) groups excluding carboxylic acids is 1. The van der Waals surface area contributed by atoms with Crippen molar-refractivity contribution in [2.75, 3.05) is 12.9 Å². The van der Waals surface area contributed by atoms with Crippen LogP contribution in [0.3, 0.4) is 0 Å². The van der Waals surface area contributed by atoms with Crippen LogP contribution in [0.5, 0.6) is 0 Å². The zero-order valence-electron chi connectivity index (χ0n) is 15.7. The molecule has 0 aliphatic carbocycles. The Balaban J connectivity index is 2.13. The largest absolute Gasteiger partial charge is 0.396 e. The molecule has 2 aromatic carbocycles. The molecule has 0 unspecified atom stereocenters. The molecular weight excluding hydrogens is 390 g/mol. The molecule has 0 atom stereocenters. The van der Waals surface area contributed by atoms with Gasteiger partial charge in [-0.3, -0.25) is 9.89 Å². The van der Waals surface area contributed by atoms with E-state index in [2.05, 4.69) is 16.3 Å². The highest BCUT2D eigenvalue weighted by molar-refractivity contribution is 7.90. The van der Waals surface area contributed by atoms with Gasteiger partial charge in [0.05, 0.1) is 16.5 Å². The number of hydrogen-bond acceptors (Lipinski definition) is 6. The number of aliphatic hydroxyl groups is 1. The Morgan fingerprint density at radius 1 is 1.10 bits per heavy atom. The lowest BCUT2D eigenvalue weighted by Gasteiger charge is -2.07. The summed E-state index contributed by atoms with van der Waals surface area (Å²) in [7, 11) is -3.33. The number of aromatic nitrogens is 2. The molecule has 2 N–H and O–H groups in total. The molecule has 0 fully saturated rings. The van der Waals surface area contributed by atoms with Crippen molar-refractivity contribution in [2.24, 2.45) is 0 Å². The number of Topliss-reactive ketones (excluding diaryl/α,β-unsaturated/α-hetero) is 1. The molecule has 0 saturated heterocycles. The van der Waals surface area contributed by atoms with Crippen LogP contribution in [0.15, 0.2) is 53.4 Å². The molecule has 0 aliphatic heterocycles. The van der Waals surface area contributed by atoms with Crippen LogP contribution in [-0.4, -0.2) is 42.4 Å². The van der Waals surface area contributed by atoms with Crippen LogP contribution in [0, 0.1) is 11.3 Å². The van der Waals surface area contributed by atoms with Gasteiger partial charge in [0.15, 0.2) is 15.6 Å². The van der Waals surface area contributed by atoms with E-state index >= 15 is 0 Å².